The number of carbonyl (C=O) groups is 3. The SMILES string of the molecule is COC(=O)[C@@H]1C(=O)C2=C(C[C@H]1C)NC(C)=C(C(=O)OC1CCCCC1)[C@@H]2c1cccs1. The Morgan fingerprint density at radius 3 is 2.58 bits per heavy atom. The number of methoxy groups -OCH3 is 1. The van der Waals surface area contributed by atoms with Gasteiger partial charge in [-0.25, -0.2) is 4.79 Å². The van der Waals surface area contributed by atoms with Crippen molar-refractivity contribution in [2.75, 3.05) is 7.11 Å². The van der Waals surface area contributed by atoms with Gasteiger partial charge >= 0.3 is 11.9 Å². The number of Topliss-reactive ketones (excluding diaryl/α,β-unsaturated/α-hetero) is 1. The van der Waals surface area contributed by atoms with Crippen LogP contribution in [0.3, 0.4) is 0 Å². The lowest BCUT2D eigenvalue weighted by molar-refractivity contribution is -0.151. The van der Waals surface area contributed by atoms with Gasteiger partial charge < -0.3 is 14.8 Å². The number of ether oxygens (including phenoxy) is 2. The molecule has 31 heavy (non-hydrogen) atoms. The van der Waals surface area contributed by atoms with Crippen LogP contribution in [0, 0.1) is 11.8 Å². The highest BCUT2D eigenvalue weighted by Crippen LogP contribution is 2.46. The van der Waals surface area contributed by atoms with Crippen molar-refractivity contribution in [1.82, 2.24) is 5.32 Å². The number of ketones is 1. The Kier molecular flexibility index (Phi) is 6.32. The Morgan fingerprint density at radius 1 is 1.19 bits per heavy atom. The molecule has 0 radical (unpaired) electrons. The maximum Gasteiger partial charge on any atom is 0.337 e. The van der Waals surface area contributed by atoms with Crippen molar-refractivity contribution < 1.29 is 23.9 Å². The van der Waals surface area contributed by atoms with Gasteiger partial charge in [0.25, 0.3) is 0 Å². The molecule has 1 aliphatic heterocycles. The van der Waals surface area contributed by atoms with E-state index in [-0.39, 0.29) is 23.8 Å². The van der Waals surface area contributed by atoms with Crippen LogP contribution in [0.5, 0.6) is 0 Å². The topological polar surface area (TPSA) is 81.7 Å². The Hall–Kier alpha value is -2.41. The van der Waals surface area contributed by atoms with Crippen molar-refractivity contribution >= 4 is 29.1 Å². The van der Waals surface area contributed by atoms with Crippen molar-refractivity contribution in [1.29, 1.82) is 0 Å². The van der Waals surface area contributed by atoms with Crippen LogP contribution in [-0.4, -0.2) is 30.9 Å². The molecule has 0 saturated heterocycles. The average Bonchev–Trinajstić information content (AvgIpc) is 3.27. The first-order chi connectivity index (χ1) is 14.9. The molecular weight excluding hydrogens is 414 g/mol. The summed E-state index contributed by atoms with van der Waals surface area (Å²) < 4.78 is 10.8. The summed E-state index contributed by atoms with van der Waals surface area (Å²) in [6, 6.07) is 3.85. The fourth-order valence-corrected chi connectivity index (χ4v) is 5.93. The third-order valence-electron chi connectivity index (χ3n) is 6.62. The molecule has 166 valence electrons. The van der Waals surface area contributed by atoms with E-state index >= 15 is 0 Å². The summed E-state index contributed by atoms with van der Waals surface area (Å²) in [6.07, 6.45) is 5.53. The second-order valence-electron chi connectivity index (χ2n) is 8.72. The van der Waals surface area contributed by atoms with Gasteiger partial charge in [-0.15, -0.1) is 11.3 Å². The number of esters is 2. The fourth-order valence-electron chi connectivity index (χ4n) is 5.09. The predicted octanol–water partition coefficient (Wildman–Crippen LogP) is 4.24. The highest BCUT2D eigenvalue weighted by atomic mass is 32.1. The van der Waals surface area contributed by atoms with Crippen molar-refractivity contribution in [3.8, 4) is 0 Å². The van der Waals surface area contributed by atoms with Crippen LogP contribution in [0.4, 0.5) is 0 Å². The molecule has 0 bridgehead atoms. The van der Waals surface area contributed by atoms with E-state index in [0.29, 0.717) is 17.6 Å². The van der Waals surface area contributed by atoms with Crippen molar-refractivity contribution in [2.24, 2.45) is 11.8 Å². The predicted molar refractivity (Wildman–Crippen MR) is 117 cm³/mol. The molecule has 0 unspecified atom stereocenters. The summed E-state index contributed by atoms with van der Waals surface area (Å²) in [5.41, 5.74) is 2.48. The highest BCUT2D eigenvalue weighted by molar-refractivity contribution is 7.10. The molecule has 3 atom stereocenters. The van der Waals surface area contributed by atoms with Crippen LogP contribution in [-0.2, 0) is 23.9 Å². The van der Waals surface area contributed by atoms with Crippen LogP contribution < -0.4 is 5.32 Å². The average molecular weight is 444 g/mol. The van der Waals surface area contributed by atoms with Gasteiger partial charge in [0.15, 0.2) is 5.78 Å². The summed E-state index contributed by atoms with van der Waals surface area (Å²) in [5.74, 6) is -2.73. The van der Waals surface area contributed by atoms with Gasteiger partial charge in [-0.3, -0.25) is 9.59 Å². The fraction of sp³-hybridized carbons (Fsp3) is 0.542. The molecule has 1 N–H and O–H groups in total. The Labute approximate surface area is 186 Å². The standard InChI is InChI=1S/C24H29NO5S/c1-13-12-16-20(22(26)18(13)23(27)29-3)21(17-10-7-11-31-17)19(14(2)25-16)24(28)30-15-8-5-4-6-9-15/h7,10-11,13,15,18,21,25H,4-6,8-9,12H2,1-3H3/t13-,18+,21+/m1/s1. The lowest BCUT2D eigenvalue weighted by Gasteiger charge is -2.38. The first-order valence-corrected chi connectivity index (χ1v) is 11.9. The molecule has 4 rings (SSSR count). The summed E-state index contributed by atoms with van der Waals surface area (Å²) >= 11 is 1.50. The molecule has 0 aromatic carbocycles. The minimum atomic E-state index is -0.859. The number of allylic oxidation sites excluding steroid dienone is 3. The number of thiophene rings is 1. The van der Waals surface area contributed by atoms with Gasteiger partial charge in [-0.2, -0.15) is 0 Å². The largest absolute Gasteiger partial charge is 0.468 e. The number of dihydropyridines is 1. The zero-order valence-corrected chi connectivity index (χ0v) is 19.1. The van der Waals surface area contributed by atoms with Crippen LogP contribution in [0.25, 0.3) is 0 Å². The Bertz CT molecular complexity index is 939. The molecule has 0 amide bonds. The third-order valence-corrected chi connectivity index (χ3v) is 7.55. The third kappa shape index (κ3) is 4.07. The molecule has 1 aromatic heterocycles. The first-order valence-electron chi connectivity index (χ1n) is 11.0. The Balaban J connectivity index is 1.73. The maximum absolute atomic E-state index is 13.6. The zero-order chi connectivity index (χ0) is 22.1. The smallest absolute Gasteiger partial charge is 0.337 e. The number of hydrogen-bond acceptors (Lipinski definition) is 7. The molecule has 1 saturated carbocycles. The molecule has 6 nitrogen and oxygen atoms in total. The number of hydrogen-bond donors (Lipinski definition) is 1. The van der Waals surface area contributed by atoms with E-state index in [1.165, 1.54) is 24.9 Å². The lowest BCUT2D eigenvalue weighted by Crippen LogP contribution is -2.43. The monoisotopic (exact) mass is 443 g/mol. The molecule has 2 aliphatic carbocycles. The van der Waals surface area contributed by atoms with Gasteiger partial charge in [0, 0.05) is 21.8 Å². The van der Waals surface area contributed by atoms with Gasteiger partial charge in [-0.05, 0) is 56.4 Å². The minimum Gasteiger partial charge on any atom is -0.468 e. The van der Waals surface area contributed by atoms with E-state index in [2.05, 4.69) is 5.32 Å². The van der Waals surface area contributed by atoms with Gasteiger partial charge in [0.05, 0.1) is 18.6 Å². The van der Waals surface area contributed by atoms with E-state index in [1.807, 2.05) is 31.4 Å². The molecule has 7 heteroatoms. The Morgan fingerprint density at radius 2 is 1.94 bits per heavy atom. The molecule has 1 fully saturated rings. The highest BCUT2D eigenvalue weighted by Gasteiger charge is 2.47. The van der Waals surface area contributed by atoms with E-state index in [4.69, 9.17) is 9.47 Å². The maximum atomic E-state index is 13.6. The van der Waals surface area contributed by atoms with Crippen LogP contribution in [0.15, 0.2) is 40.1 Å². The summed E-state index contributed by atoms with van der Waals surface area (Å²) in [7, 11) is 1.30. The van der Waals surface area contributed by atoms with E-state index in [0.717, 1.165) is 42.0 Å². The van der Waals surface area contributed by atoms with Crippen molar-refractivity contribution in [3.63, 3.8) is 0 Å². The van der Waals surface area contributed by atoms with Crippen LogP contribution in [0.1, 0.15) is 63.2 Å². The van der Waals surface area contributed by atoms with Crippen LogP contribution in [0.2, 0.25) is 0 Å². The molecule has 1 aromatic rings. The zero-order valence-electron chi connectivity index (χ0n) is 18.2. The quantitative estimate of drug-likeness (QED) is 0.554. The normalized spacial score (nSPS) is 26.9. The number of rotatable bonds is 4. The van der Waals surface area contributed by atoms with Crippen LogP contribution >= 0.6 is 11.3 Å². The molecular formula is C24H29NO5S. The number of carbonyl (C=O) groups excluding carboxylic acids is 3. The van der Waals surface area contributed by atoms with Gasteiger partial charge in [-0.1, -0.05) is 19.4 Å². The second-order valence-corrected chi connectivity index (χ2v) is 9.70. The van der Waals surface area contributed by atoms with Crippen molar-refractivity contribution in [2.45, 2.75) is 64.4 Å². The molecule has 2 heterocycles. The van der Waals surface area contributed by atoms with E-state index in [1.54, 1.807) is 0 Å². The summed E-state index contributed by atoms with van der Waals surface area (Å²) in [6.45, 7) is 3.75. The number of nitrogens with one attached hydrogen (secondary N) is 1. The van der Waals surface area contributed by atoms with Crippen molar-refractivity contribution in [3.05, 3.63) is 44.9 Å². The van der Waals surface area contributed by atoms with Gasteiger partial charge in [0.1, 0.15) is 12.0 Å². The molecule has 3 aliphatic rings. The van der Waals surface area contributed by atoms with Gasteiger partial charge in [0.2, 0.25) is 0 Å². The first kappa shape index (κ1) is 21.8. The van der Waals surface area contributed by atoms with E-state index in [9.17, 15) is 14.4 Å². The summed E-state index contributed by atoms with van der Waals surface area (Å²) in [5, 5.41) is 5.24. The summed E-state index contributed by atoms with van der Waals surface area (Å²) in [4.78, 5) is 40.2. The second kappa shape index (κ2) is 8.99. The minimum absolute atomic E-state index is 0.0780. The lowest BCUT2D eigenvalue weighted by atomic mass is 9.70. The van der Waals surface area contributed by atoms with E-state index < -0.39 is 17.8 Å². The molecule has 0 spiro atoms.